The molecule has 4 N–H and O–H groups in total. The van der Waals surface area contributed by atoms with Crippen molar-refractivity contribution in [3.8, 4) is 0 Å². The molecule has 20 heavy (non-hydrogen) atoms. The molecule has 0 spiro atoms. The SMILES string of the molecule is NNc1nc(Nc2ccc(Cl)cc2)c2ccccc2n1. The van der Waals surface area contributed by atoms with Gasteiger partial charge in [-0.2, -0.15) is 4.98 Å². The van der Waals surface area contributed by atoms with Crippen molar-refractivity contribution >= 4 is 40.0 Å². The van der Waals surface area contributed by atoms with E-state index in [2.05, 4.69) is 20.7 Å². The maximum Gasteiger partial charge on any atom is 0.239 e. The van der Waals surface area contributed by atoms with Crippen molar-refractivity contribution in [3.63, 3.8) is 0 Å². The first kappa shape index (κ1) is 12.7. The van der Waals surface area contributed by atoms with Crippen LogP contribution in [0.1, 0.15) is 0 Å². The number of aromatic nitrogens is 2. The van der Waals surface area contributed by atoms with E-state index in [1.165, 1.54) is 0 Å². The minimum atomic E-state index is 0.361. The smallest absolute Gasteiger partial charge is 0.239 e. The third-order valence-electron chi connectivity index (χ3n) is 2.84. The van der Waals surface area contributed by atoms with Crippen molar-refractivity contribution in [1.82, 2.24) is 9.97 Å². The summed E-state index contributed by atoms with van der Waals surface area (Å²) < 4.78 is 0. The lowest BCUT2D eigenvalue weighted by Crippen LogP contribution is -2.11. The summed E-state index contributed by atoms with van der Waals surface area (Å²) in [5, 5.41) is 4.85. The fourth-order valence-electron chi connectivity index (χ4n) is 1.91. The second-order valence-electron chi connectivity index (χ2n) is 4.19. The maximum absolute atomic E-state index is 5.88. The number of hydrazine groups is 1. The quantitative estimate of drug-likeness (QED) is 0.508. The van der Waals surface area contributed by atoms with Gasteiger partial charge in [0.15, 0.2) is 0 Å². The summed E-state index contributed by atoms with van der Waals surface area (Å²) in [6, 6.07) is 15.1. The molecule has 100 valence electrons. The van der Waals surface area contributed by atoms with Crippen LogP contribution in [0.5, 0.6) is 0 Å². The molecule has 6 heteroatoms. The molecule has 5 nitrogen and oxygen atoms in total. The van der Waals surface area contributed by atoms with Crippen molar-refractivity contribution < 1.29 is 0 Å². The Balaban J connectivity index is 2.07. The third kappa shape index (κ3) is 2.49. The van der Waals surface area contributed by atoms with E-state index in [0.29, 0.717) is 16.8 Å². The summed E-state index contributed by atoms with van der Waals surface area (Å²) in [6.07, 6.45) is 0. The van der Waals surface area contributed by atoms with E-state index in [-0.39, 0.29) is 0 Å². The summed E-state index contributed by atoms with van der Waals surface area (Å²) >= 11 is 5.88. The molecule has 0 amide bonds. The minimum absolute atomic E-state index is 0.361. The highest BCUT2D eigenvalue weighted by atomic mass is 35.5. The average molecular weight is 286 g/mol. The zero-order chi connectivity index (χ0) is 13.9. The number of nitrogen functional groups attached to an aromatic ring is 1. The molecule has 1 heterocycles. The van der Waals surface area contributed by atoms with E-state index < -0.39 is 0 Å². The second-order valence-corrected chi connectivity index (χ2v) is 4.63. The lowest BCUT2D eigenvalue weighted by Gasteiger charge is -2.10. The Morgan fingerprint density at radius 2 is 1.70 bits per heavy atom. The number of anilines is 3. The number of hydrogen-bond donors (Lipinski definition) is 3. The van der Waals surface area contributed by atoms with E-state index in [0.717, 1.165) is 16.6 Å². The van der Waals surface area contributed by atoms with Crippen LogP contribution in [0.25, 0.3) is 10.9 Å². The molecule has 2 aromatic carbocycles. The van der Waals surface area contributed by atoms with Crippen LogP contribution in [-0.4, -0.2) is 9.97 Å². The number of nitrogens with two attached hydrogens (primary N) is 1. The number of fused-ring (bicyclic) bond motifs is 1. The van der Waals surface area contributed by atoms with Crippen LogP contribution in [0, 0.1) is 0 Å². The molecule has 3 aromatic rings. The maximum atomic E-state index is 5.88. The summed E-state index contributed by atoms with van der Waals surface area (Å²) in [6.45, 7) is 0. The number of halogens is 1. The number of nitrogens with zero attached hydrogens (tertiary/aromatic N) is 2. The van der Waals surface area contributed by atoms with Gasteiger partial charge in [0.1, 0.15) is 5.82 Å². The van der Waals surface area contributed by atoms with Crippen LogP contribution in [0.4, 0.5) is 17.5 Å². The van der Waals surface area contributed by atoms with Crippen molar-refractivity contribution in [2.45, 2.75) is 0 Å². The molecular weight excluding hydrogens is 274 g/mol. The molecule has 1 aromatic heterocycles. The average Bonchev–Trinajstić information content (AvgIpc) is 2.49. The van der Waals surface area contributed by atoms with Crippen molar-refractivity contribution in [3.05, 3.63) is 53.6 Å². The van der Waals surface area contributed by atoms with Gasteiger partial charge in [-0.05, 0) is 36.4 Å². The van der Waals surface area contributed by atoms with Gasteiger partial charge in [-0.3, -0.25) is 5.43 Å². The van der Waals surface area contributed by atoms with Crippen molar-refractivity contribution in [2.24, 2.45) is 5.84 Å². The molecule has 0 aliphatic heterocycles. The topological polar surface area (TPSA) is 75.9 Å². The van der Waals surface area contributed by atoms with Gasteiger partial charge >= 0.3 is 0 Å². The standard InChI is InChI=1S/C14H12ClN5/c15-9-5-7-10(8-6-9)17-13-11-3-1-2-4-12(11)18-14(19-13)20-16/h1-8H,16H2,(H2,17,18,19,20). The zero-order valence-corrected chi connectivity index (χ0v) is 11.2. The highest BCUT2D eigenvalue weighted by molar-refractivity contribution is 6.30. The van der Waals surface area contributed by atoms with Crippen LogP contribution in [0.15, 0.2) is 48.5 Å². The van der Waals surface area contributed by atoms with E-state index in [1.54, 1.807) is 0 Å². The number of nitrogens with one attached hydrogen (secondary N) is 2. The summed E-state index contributed by atoms with van der Waals surface area (Å²) in [4.78, 5) is 8.65. The van der Waals surface area contributed by atoms with Crippen molar-refractivity contribution in [1.29, 1.82) is 0 Å². The molecule has 0 aliphatic rings. The van der Waals surface area contributed by atoms with Gasteiger partial charge in [-0.15, -0.1) is 0 Å². The van der Waals surface area contributed by atoms with E-state index in [4.69, 9.17) is 17.4 Å². The summed E-state index contributed by atoms with van der Waals surface area (Å²) in [7, 11) is 0. The molecule has 0 unspecified atom stereocenters. The molecule has 0 aliphatic carbocycles. The Hall–Kier alpha value is -2.37. The Bertz CT molecular complexity index is 742. The van der Waals surface area contributed by atoms with Gasteiger partial charge in [0.25, 0.3) is 0 Å². The largest absolute Gasteiger partial charge is 0.340 e. The van der Waals surface area contributed by atoms with Crippen LogP contribution >= 0.6 is 11.6 Å². The first-order chi connectivity index (χ1) is 9.76. The molecule has 0 saturated heterocycles. The predicted octanol–water partition coefficient (Wildman–Crippen LogP) is 3.31. The normalized spacial score (nSPS) is 10.5. The zero-order valence-electron chi connectivity index (χ0n) is 10.5. The van der Waals surface area contributed by atoms with Gasteiger partial charge in [-0.1, -0.05) is 23.7 Å². The van der Waals surface area contributed by atoms with E-state index in [1.807, 2.05) is 48.5 Å². The molecule has 0 atom stereocenters. The highest BCUT2D eigenvalue weighted by Crippen LogP contribution is 2.25. The van der Waals surface area contributed by atoms with Gasteiger partial charge in [-0.25, -0.2) is 10.8 Å². The van der Waals surface area contributed by atoms with Gasteiger partial charge in [0, 0.05) is 16.1 Å². The van der Waals surface area contributed by atoms with Gasteiger partial charge in [0.05, 0.1) is 5.52 Å². The Morgan fingerprint density at radius 1 is 0.950 bits per heavy atom. The van der Waals surface area contributed by atoms with Crippen molar-refractivity contribution in [2.75, 3.05) is 10.7 Å². The van der Waals surface area contributed by atoms with Gasteiger partial charge < -0.3 is 5.32 Å². The van der Waals surface area contributed by atoms with E-state index in [9.17, 15) is 0 Å². The monoisotopic (exact) mass is 285 g/mol. The Morgan fingerprint density at radius 3 is 2.45 bits per heavy atom. The minimum Gasteiger partial charge on any atom is -0.340 e. The van der Waals surface area contributed by atoms with Gasteiger partial charge in [0.2, 0.25) is 5.95 Å². The number of para-hydroxylation sites is 1. The predicted molar refractivity (Wildman–Crippen MR) is 82.1 cm³/mol. The number of benzene rings is 2. The lowest BCUT2D eigenvalue weighted by molar-refractivity contribution is 1.15. The highest BCUT2D eigenvalue weighted by Gasteiger charge is 2.07. The van der Waals surface area contributed by atoms with Crippen LogP contribution in [-0.2, 0) is 0 Å². The first-order valence-corrected chi connectivity index (χ1v) is 6.40. The van der Waals surface area contributed by atoms with E-state index >= 15 is 0 Å². The summed E-state index contributed by atoms with van der Waals surface area (Å²) in [5.41, 5.74) is 4.17. The molecule has 3 rings (SSSR count). The van der Waals surface area contributed by atoms with Crippen LogP contribution < -0.4 is 16.6 Å². The Labute approximate surface area is 120 Å². The molecule has 0 bridgehead atoms. The van der Waals surface area contributed by atoms with Crippen LogP contribution in [0.3, 0.4) is 0 Å². The molecule has 0 radical (unpaired) electrons. The van der Waals surface area contributed by atoms with Crippen LogP contribution in [0.2, 0.25) is 5.02 Å². The number of rotatable bonds is 3. The molecular formula is C14H12ClN5. The molecule has 0 fully saturated rings. The lowest BCUT2D eigenvalue weighted by atomic mass is 10.2. The second kappa shape index (κ2) is 5.32. The fraction of sp³-hybridized carbons (Fsp3) is 0. The summed E-state index contributed by atoms with van der Waals surface area (Å²) in [5.74, 6) is 6.45. The number of hydrogen-bond acceptors (Lipinski definition) is 5. The Kier molecular flexibility index (Phi) is 3.37. The first-order valence-electron chi connectivity index (χ1n) is 6.02. The molecule has 0 saturated carbocycles. The fourth-order valence-corrected chi connectivity index (χ4v) is 2.03. The third-order valence-corrected chi connectivity index (χ3v) is 3.09.